The molecule has 0 radical (unpaired) electrons. The van der Waals surface area contributed by atoms with Crippen molar-refractivity contribution in [2.24, 2.45) is 0 Å². The summed E-state index contributed by atoms with van der Waals surface area (Å²) in [5, 5.41) is 0. The molecular formula is C28H22F4O. The zero-order chi connectivity index (χ0) is 23.4. The topological polar surface area (TPSA) is 9.23 Å². The van der Waals surface area contributed by atoms with Gasteiger partial charge in [-0.2, -0.15) is 0 Å². The molecule has 4 rings (SSSR count). The third-order valence-corrected chi connectivity index (χ3v) is 5.52. The number of hydrogen-bond donors (Lipinski definition) is 0. The predicted molar refractivity (Wildman–Crippen MR) is 123 cm³/mol. The molecule has 0 heterocycles. The zero-order valence-corrected chi connectivity index (χ0v) is 18.0. The lowest BCUT2D eigenvalue weighted by Crippen LogP contribution is -1.98. The van der Waals surface area contributed by atoms with Crippen LogP contribution < -0.4 is 4.74 Å². The fourth-order valence-corrected chi connectivity index (χ4v) is 3.84. The van der Waals surface area contributed by atoms with E-state index >= 15 is 0 Å². The Kier molecular flexibility index (Phi) is 6.78. The van der Waals surface area contributed by atoms with Crippen molar-refractivity contribution in [3.63, 3.8) is 0 Å². The Morgan fingerprint density at radius 3 is 1.61 bits per heavy atom. The highest BCUT2D eigenvalue weighted by atomic mass is 19.1. The minimum Gasteiger partial charge on any atom is -0.457 e. The van der Waals surface area contributed by atoms with E-state index in [2.05, 4.69) is 35.9 Å². The van der Waals surface area contributed by atoms with E-state index in [4.69, 9.17) is 0 Å². The van der Waals surface area contributed by atoms with Crippen molar-refractivity contribution in [1.82, 2.24) is 0 Å². The van der Waals surface area contributed by atoms with Crippen molar-refractivity contribution < 1.29 is 22.3 Å². The van der Waals surface area contributed by atoms with E-state index in [1.807, 2.05) is 24.3 Å². The first kappa shape index (κ1) is 22.6. The molecule has 0 N–H and O–H groups in total. The van der Waals surface area contributed by atoms with Gasteiger partial charge in [0, 0.05) is 5.56 Å². The predicted octanol–water partition coefficient (Wildman–Crippen LogP) is 8.36. The maximum absolute atomic E-state index is 14.8. The average Bonchev–Trinajstić information content (AvgIpc) is 2.82. The number of rotatable bonds is 7. The van der Waals surface area contributed by atoms with Crippen molar-refractivity contribution in [3.05, 3.63) is 102 Å². The van der Waals surface area contributed by atoms with Crippen molar-refractivity contribution in [2.45, 2.75) is 19.8 Å². The average molecular weight is 450 g/mol. The van der Waals surface area contributed by atoms with Gasteiger partial charge in [-0.15, -0.1) is 0 Å². The van der Waals surface area contributed by atoms with Gasteiger partial charge in [0.1, 0.15) is 5.82 Å². The Morgan fingerprint density at radius 1 is 0.606 bits per heavy atom. The van der Waals surface area contributed by atoms with Crippen molar-refractivity contribution in [1.29, 1.82) is 0 Å². The van der Waals surface area contributed by atoms with Gasteiger partial charge in [0.2, 0.25) is 6.86 Å². The Balaban J connectivity index is 1.58. The first-order valence-electron chi connectivity index (χ1n) is 10.7. The highest BCUT2D eigenvalue weighted by Gasteiger charge is 2.16. The van der Waals surface area contributed by atoms with Gasteiger partial charge < -0.3 is 4.74 Å². The van der Waals surface area contributed by atoms with Crippen molar-refractivity contribution >= 4 is 0 Å². The molecule has 0 saturated heterocycles. The molecule has 0 amide bonds. The lowest BCUT2D eigenvalue weighted by Gasteiger charge is -2.10. The molecule has 0 aliphatic rings. The molecule has 0 fully saturated rings. The quantitative estimate of drug-likeness (QED) is 0.257. The van der Waals surface area contributed by atoms with E-state index in [-0.39, 0.29) is 11.1 Å². The van der Waals surface area contributed by atoms with Crippen LogP contribution in [0.2, 0.25) is 0 Å². The number of aryl methyl sites for hydroxylation is 1. The smallest absolute Gasteiger partial charge is 0.228 e. The van der Waals surface area contributed by atoms with Crippen LogP contribution in [-0.2, 0) is 6.42 Å². The van der Waals surface area contributed by atoms with Crippen LogP contribution in [0.4, 0.5) is 17.6 Å². The number of ether oxygens (including phenoxy) is 1. The summed E-state index contributed by atoms with van der Waals surface area (Å²) in [6, 6.07) is 22.5. The molecule has 0 spiro atoms. The fourth-order valence-electron chi connectivity index (χ4n) is 3.84. The van der Waals surface area contributed by atoms with Gasteiger partial charge in [-0.05, 0) is 58.0 Å². The lowest BCUT2D eigenvalue weighted by atomic mass is 9.97. The Morgan fingerprint density at radius 2 is 1.09 bits per heavy atom. The molecule has 0 unspecified atom stereocenters. The van der Waals surface area contributed by atoms with Gasteiger partial charge >= 0.3 is 0 Å². The van der Waals surface area contributed by atoms with E-state index in [1.165, 1.54) is 17.7 Å². The van der Waals surface area contributed by atoms with Gasteiger partial charge in [-0.25, -0.2) is 17.6 Å². The minimum atomic E-state index is -1.36. The number of hydrogen-bond acceptors (Lipinski definition) is 1. The van der Waals surface area contributed by atoms with E-state index in [0.29, 0.717) is 5.56 Å². The summed E-state index contributed by atoms with van der Waals surface area (Å²) in [7, 11) is 0. The van der Waals surface area contributed by atoms with Gasteiger partial charge in [0.25, 0.3) is 0 Å². The van der Waals surface area contributed by atoms with Crippen LogP contribution in [0.1, 0.15) is 18.9 Å². The number of alkyl halides is 1. The van der Waals surface area contributed by atoms with Crippen LogP contribution in [-0.4, -0.2) is 6.86 Å². The van der Waals surface area contributed by atoms with E-state index < -0.39 is 30.1 Å². The van der Waals surface area contributed by atoms with E-state index in [9.17, 15) is 17.6 Å². The molecule has 0 aromatic heterocycles. The maximum Gasteiger partial charge on any atom is 0.228 e. The number of benzene rings is 4. The largest absolute Gasteiger partial charge is 0.457 e. The summed E-state index contributed by atoms with van der Waals surface area (Å²) < 4.78 is 59.5. The molecule has 0 atom stereocenters. The highest BCUT2D eigenvalue weighted by Crippen LogP contribution is 2.33. The molecule has 0 saturated carbocycles. The maximum atomic E-state index is 14.8. The van der Waals surface area contributed by atoms with Gasteiger partial charge in [0.15, 0.2) is 17.4 Å². The van der Waals surface area contributed by atoms with Crippen molar-refractivity contribution in [3.8, 4) is 39.1 Å². The molecule has 1 nitrogen and oxygen atoms in total. The SMILES string of the molecule is CCCc1ccc(-c2ccc(-c3ccc(-c4cc(F)c(OCF)c(F)c4)c(F)c3)cc2)cc1. The summed E-state index contributed by atoms with van der Waals surface area (Å²) in [6.45, 7) is 0.789. The monoisotopic (exact) mass is 450 g/mol. The van der Waals surface area contributed by atoms with Crippen LogP contribution >= 0.6 is 0 Å². The lowest BCUT2D eigenvalue weighted by molar-refractivity contribution is 0.176. The molecular weight excluding hydrogens is 428 g/mol. The highest BCUT2D eigenvalue weighted by molar-refractivity contribution is 5.74. The van der Waals surface area contributed by atoms with Gasteiger partial charge in [-0.1, -0.05) is 74.0 Å². The summed E-state index contributed by atoms with van der Waals surface area (Å²) in [5.74, 6) is -3.63. The second-order valence-corrected chi connectivity index (χ2v) is 7.74. The molecule has 0 bridgehead atoms. The summed E-state index contributed by atoms with van der Waals surface area (Å²) in [5.41, 5.74) is 4.95. The van der Waals surface area contributed by atoms with Gasteiger partial charge in [0.05, 0.1) is 0 Å². The van der Waals surface area contributed by atoms with Crippen molar-refractivity contribution in [2.75, 3.05) is 6.86 Å². The molecule has 5 heteroatoms. The summed E-state index contributed by atoms with van der Waals surface area (Å²) >= 11 is 0. The second-order valence-electron chi connectivity index (χ2n) is 7.74. The molecule has 0 aliphatic heterocycles. The summed E-state index contributed by atoms with van der Waals surface area (Å²) in [6.07, 6.45) is 2.15. The molecule has 0 aliphatic carbocycles. The molecule has 33 heavy (non-hydrogen) atoms. The molecule has 4 aromatic carbocycles. The van der Waals surface area contributed by atoms with Crippen LogP contribution in [0.25, 0.3) is 33.4 Å². The number of halogens is 4. The second kappa shape index (κ2) is 9.90. The standard InChI is InChI=1S/C28H22F4O/c1-2-3-18-4-6-19(7-5-18)20-8-10-21(11-9-20)22-12-13-24(25(30)14-22)23-15-26(31)28(33-17-29)27(32)16-23/h4-16H,2-3,17H2,1H3. The third kappa shape index (κ3) is 4.92. The third-order valence-electron chi connectivity index (χ3n) is 5.52. The Labute approximate surface area is 190 Å². The summed E-state index contributed by atoms with van der Waals surface area (Å²) in [4.78, 5) is 0. The molecule has 4 aromatic rings. The van der Waals surface area contributed by atoms with E-state index in [0.717, 1.165) is 41.7 Å². The normalized spacial score (nSPS) is 10.9. The van der Waals surface area contributed by atoms with Gasteiger partial charge in [-0.3, -0.25) is 0 Å². The van der Waals surface area contributed by atoms with Crippen LogP contribution in [0.3, 0.4) is 0 Å². The first-order chi connectivity index (χ1) is 16.0. The minimum absolute atomic E-state index is 0.00197. The van der Waals surface area contributed by atoms with Crippen LogP contribution in [0.15, 0.2) is 78.9 Å². The Hall–Kier alpha value is -3.60. The van der Waals surface area contributed by atoms with Crippen LogP contribution in [0.5, 0.6) is 5.75 Å². The van der Waals surface area contributed by atoms with E-state index in [1.54, 1.807) is 6.07 Å². The molecule has 168 valence electrons. The Bertz CT molecular complexity index is 1230. The van der Waals surface area contributed by atoms with Crippen LogP contribution in [0, 0.1) is 17.5 Å². The zero-order valence-electron chi connectivity index (χ0n) is 18.0. The fraction of sp³-hybridized carbons (Fsp3) is 0.143. The first-order valence-corrected chi connectivity index (χ1v) is 10.7.